The standard InChI is InChI=1S/C27H23ClN2O5/c1-2-35-27(34)18-7-10-21(11-8-18)30-16-23(26(32)33)22-15-20(9-12-24(22)30)29-25(31)13-6-17-4-3-5-19(28)14-17/h3-5,7-12,14-16H,2,6,13H2,1H3,(H,29,31)(H,32,33). The second kappa shape index (κ2) is 10.4. The van der Waals surface area contributed by atoms with Crippen molar-refractivity contribution in [1.82, 2.24) is 4.57 Å². The first-order valence-electron chi connectivity index (χ1n) is 11.1. The van der Waals surface area contributed by atoms with E-state index in [0.717, 1.165) is 5.56 Å². The molecule has 0 aliphatic heterocycles. The number of aromatic nitrogens is 1. The van der Waals surface area contributed by atoms with E-state index in [-0.39, 0.29) is 24.5 Å². The van der Waals surface area contributed by atoms with Crippen LogP contribution in [0.4, 0.5) is 5.69 Å². The van der Waals surface area contributed by atoms with Gasteiger partial charge in [0, 0.05) is 34.4 Å². The second-order valence-corrected chi connectivity index (χ2v) is 8.33. The molecule has 0 saturated heterocycles. The van der Waals surface area contributed by atoms with Crippen LogP contribution in [0.2, 0.25) is 5.02 Å². The number of fused-ring (bicyclic) bond motifs is 1. The van der Waals surface area contributed by atoms with Crippen LogP contribution in [0.5, 0.6) is 0 Å². The van der Waals surface area contributed by atoms with Crippen LogP contribution in [-0.2, 0) is 16.0 Å². The smallest absolute Gasteiger partial charge is 0.338 e. The molecule has 0 aliphatic rings. The third-order valence-corrected chi connectivity index (χ3v) is 5.74. The SMILES string of the molecule is CCOC(=O)c1ccc(-n2cc(C(=O)O)c3cc(NC(=O)CCc4cccc(Cl)c4)ccc32)cc1. The van der Waals surface area contributed by atoms with E-state index in [0.29, 0.717) is 39.3 Å². The highest BCUT2D eigenvalue weighted by atomic mass is 35.5. The molecule has 4 rings (SSSR count). The molecule has 0 radical (unpaired) electrons. The lowest BCUT2D eigenvalue weighted by Crippen LogP contribution is -2.12. The number of nitrogens with one attached hydrogen (secondary N) is 1. The monoisotopic (exact) mass is 490 g/mol. The number of halogens is 1. The van der Waals surface area contributed by atoms with Crippen LogP contribution in [0.1, 0.15) is 39.6 Å². The van der Waals surface area contributed by atoms with Crippen LogP contribution in [0, 0.1) is 0 Å². The number of carboxylic acids is 1. The topological polar surface area (TPSA) is 97.6 Å². The number of esters is 1. The van der Waals surface area contributed by atoms with Crippen LogP contribution in [0.25, 0.3) is 16.6 Å². The van der Waals surface area contributed by atoms with Gasteiger partial charge in [0.15, 0.2) is 0 Å². The largest absolute Gasteiger partial charge is 0.478 e. The molecule has 8 heteroatoms. The average Bonchev–Trinajstić information content (AvgIpc) is 3.22. The highest BCUT2D eigenvalue weighted by molar-refractivity contribution is 6.30. The van der Waals surface area contributed by atoms with Crippen molar-refractivity contribution in [1.29, 1.82) is 0 Å². The number of hydrogen-bond donors (Lipinski definition) is 2. The maximum Gasteiger partial charge on any atom is 0.338 e. The van der Waals surface area contributed by atoms with Gasteiger partial charge in [-0.2, -0.15) is 0 Å². The number of anilines is 1. The highest BCUT2D eigenvalue weighted by Crippen LogP contribution is 2.28. The number of rotatable bonds is 8. The van der Waals surface area contributed by atoms with Crippen LogP contribution >= 0.6 is 11.6 Å². The molecule has 178 valence electrons. The number of nitrogens with zero attached hydrogens (tertiary/aromatic N) is 1. The number of benzene rings is 3. The molecule has 1 aromatic heterocycles. The predicted octanol–water partition coefficient (Wildman–Crippen LogP) is 5.73. The van der Waals surface area contributed by atoms with E-state index < -0.39 is 11.9 Å². The Hall–Kier alpha value is -4.10. The van der Waals surface area contributed by atoms with Crippen molar-refractivity contribution < 1.29 is 24.2 Å². The molecule has 4 aromatic rings. The molecule has 0 bridgehead atoms. The normalized spacial score (nSPS) is 10.8. The Bertz CT molecular complexity index is 1410. The Kier molecular flexibility index (Phi) is 7.17. The summed E-state index contributed by atoms with van der Waals surface area (Å²) in [5, 5.41) is 13.7. The summed E-state index contributed by atoms with van der Waals surface area (Å²) in [7, 11) is 0. The number of carboxylic acid groups (broad SMARTS) is 1. The van der Waals surface area contributed by atoms with Crippen molar-refractivity contribution in [2.24, 2.45) is 0 Å². The number of carbonyl (C=O) groups excluding carboxylic acids is 2. The van der Waals surface area contributed by atoms with Gasteiger partial charge in [-0.15, -0.1) is 0 Å². The van der Waals surface area contributed by atoms with E-state index in [1.807, 2.05) is 18.2 Å². The van der Waals surface area contributed by atoms with Gasteiger partial charge < -0.3 is 19.7 Å². The molecule has 3 aromatic carbocycles. The summed E-state index contributed by atoms with van der Waals surface area (Å²) in [6, 6.07) is 19.2. The highest BCUT2D eigenvalue weighted by Gasteiger charge is 2.17. The first kappa shape index (κ1) is 24.0. The van der Waals surface area contributed by atoms with E-state index in [9.17, 15) is 19.5 Å². The third kappa shape index (κ3) is 5.53. The average molecular weight is 491 g/mol. The molecule has 0 unspecified atom stereocenters. The molecule has 0 aliphatic carbocycles. The fourth-order valence-corrected chi connectivity index (χ4v) is 4.05. The van der Waals surface area contributed by atoms with E-state index >= 15 is 0 Å². The zero-order valence-corrected chi connectivity index (χ0v) is 19.7. The minimum Gasteiger partial charge on any atom is -0.478 e. The third-order valence-electron chi connectivity index (χ3n) is 5.51. The Morgan fingerprint density at radius 3 is 2.49 bits per heavy atom. The van der Waals surface area contributed by atoms with Gasteiger partial charge in [0.05, 0.1) is 23.3 Å². The van der Waals surface area contributed by atoms with Gasteiger partial charge in [-0.3, -0.25) is 4.79 Å². The Balaban J connectivity index is 1.57. The van der Waals surface area contributed by atoms with Gasteiger partial charge in [0.25, 0.3) is 0 Å². The molecule has 35 heavy (non-hydrogen) atoms. The van der Waals surface area contributed by atoms with Gasteiger partial charge in [-0.1, -0.05) is 23.7 Å². The maximum absolute atomic E-state index is 12.5. The predicted molar refractivity (Wildman–Crippen MR) is 135 cm³/mol. The van der Waals surface area contributed by atoms with Crippen molar-refractivity contribution in [2.75, 3.05) is 11.9 Å². The Morgan fingerprint density at radius 2 is 1.80 bits per heavy atom. The summed E-state index contributed by atoms with van der Waals surface area (Å²) in [5.74, 6) is -1.69. The van der Waals surface area contributed by atoms with Crippen molar-refractivity contribution in [3.05, 3.63) is 94.6 Å². The second-order valence-electron chi connectivity index (χ2n) is 7.90. The molecule has 0 fully saturated rings. The summed E-state index contributed by atoms with van der Waals surface area (Å²) in [6.07, 6.45) is 2.32. The number of carbonyl (C=O) groups is 3. The summed E-state index contributed by atoms with van der Waals surface area (Å²) in [6.45, 7) is 2.02. The summed E-state index contributed by atoms with van der Waals surface area (Å²) >= 11 is 6.00. The quantitative estimate of drug-likeness (QED) is 0.307. The molecule has 0 spiro atoms. The lowest BCUT2D eigenvalue weighted by atomic mass is 10.1. The number of aryl methyl sites for hydroxylation is 1. The van der Waals surface area contributed by atoms with Gasteiger partial charge in [-0.25, -0.2) is 9.59 Å². The Morgan fingerprint density at radius 1 is 1.03 bits per heavy atom. The number of amides is 1. The van der Waals surface area contributed by atoms with E-state index in [1.165, 1.54) is 6.20 Å². The molecule has 0 atom stereocenters. The lowest BCUT2D eigenvalue weighted by Gasteiger charge is -2.09. The molecule has 1 amide bonds. The molecule has 7 nitrogen and oxygen atoms in total. The van der Waals surface area contributed by atoms with Gasteiger partial charge in [-0.05, 0) is 73.5 Å². The fraction of sp³-hybridized carbons (Fsp3) is 0.148. The van der Waals surface area contributed by atoms with Crippen LogP contribution in [-0.4, -0.2) is 34.1 Å². The molecular weight excluding hydrogens is 468 g/mol. The number of aromatic carboxylic acids is 1. The van der Waals surface area contributed by atoms with Crippen molar-refractivity contribution in [3.63, 3.8) is 0 Å². The van der Waals surface area contributed by atoms with Crippen LogP contribution < -0.4 is 5.32 Å². The van der Waals surface area contributed by atoms with E-state index in [4.69, 9.17) is 16.3 Å². The summed E-state index contributed by atoms with van der Waals surface area (Å²) < 4.78 is 6.74. The first-order valence-corrected chi connectivity index (χ1v) is 11.4. The minimum absolute atomic E-state index is 0.101. The minimum atomic E-state index is -1.08. The zero-order valence-electron chi connectivity index (χ0n) is 19.0. The lowest BCUT2D eigenvalue weighted by molar-refractivity contribution is -0.116. The molecule has 1 heterocycles. The molecule has 0 saturated carbocycles. The number of hydrogen-bond acceptors (Lipinski definition) is 4. The van der Waals surface area contributed by atoms with Crippen LogP contribution in [0.3, 0.4) is 0 Å². The van der Waals surface area contributed by atoms with Crippen molar-refractivity contribution >= 4 is 46.0 Å². The maximum atomic E-state index is 12.5. The van der Waals surface area contributed by atoms with Crippen molar-refractivity contribution in [2.45, 2.75) is 19.8 Å². The van der Waals surface area contributed by atoms with E-state index in [1.54, 1.807) is 60.0 Å². The number of ether oxygens (including phenoxy) is 1. The Labute approximate surface area is 206 Å². The van der Waals surface area contributed by atoms with E-state index in [2.05, 4.69) is 5.32 Å². The van der Waals surface area contributed by atoms with Crippen molar-refractivity contribution in [3.8, 4) is 5.69 Å². The molecule has 2 N–H and O–H groups in total. The summed E-state index contributed by atoms with van der Waals surface area (Å²) in [4.78, 5) is 36.3. The fourth-order valence-electron chi connectivity index (χ4n) is 3.84. The molecular formula is C27H23ClN2O5. The zero-order chi connectivity index (χ0) is 24.9. The van der Waals surface area contributed by atoms with Gasteiger partial charge >= 0.3 is 11.9 Å². The van der Waals surface area contributed by atoms with Crippen LogP contribution in [0.15, 0.2) is 72.9 Å². The summed E-state index contributed by atoms with van der Waals surface area (Å²) in [5.41, 5.74) is 3.32. The van der Waals surface area contributed by atoms with Gasteiger partial charge in [0.1, 0.15) is 0 Å². The first-order chi connectivity index (χ1) is 16.9. The van der Waals surface area contributed by atoms with Gasteiger partial charge in [0.2, 0.25) is 5.91 Å².